The number of rotatable bonds is 6. The normalized spacial score (nSPS) is 15.1. The molecule has 4 nitrogen and oxygen atoms in total. The van der Waals surface area contributed by atoms with Crippen molar-refractivity contribution in [1.82, 2.24) is 15.2 Å². The van der Waals surface area contributed by atoms with Crippen LogP contribution in [0.5, 0.6) is 0 Å². The molecule has 1 aromatic rings. The Labute approximate surface area is 97.3 Å². The number of hydrogen-bond donors (Lipinski definition) is 2. The van der Waals surface area contributed by atoms with Crippen LogP contribution in [-0.4, -0.2) is 48.3 Å². The fraction of sp³-hybridized carbons (Fsp3) is 0.583. The summed E-state index contributed by atoms with van der Waals surface area (Å²) in [6, 6.07) is 4.20. The topological polar surface area (TPSA) is 48.4 Å². The van der Waals surface area contributed by atoms with Gasteiger partial charge in [-0.05, 0) is 38.7 Å². The summed E-state index contributed by atoms with van der Waals surface area (Å²) in [5.41, 5.74) is 1.19. The Balaban J connectivity index is 2.33. The predicted molar refractivity (Wildman–Crippen MR) is 65.2 cm³/mol. The molecule has 4 heteroatoms. The molecule has 1 aromatic heterocycles. The van der Waals surface area contributed by atoms with Crippen molar-refractivity contribution in [1.29, 1.82) is 0 Å². The smallest absolute Gasteiger partial charge is 0.0791 e. The van der Waals surface area contributed by atoms with Gasteiger partial charge in [0.1, 0.15) is 0 Å². The lowest BCUT2D eigenvalue weighted by Gasteiger charge is -2.19. The molecule has 0 aliphatic carbocycles. The van der Waals surface area contributed by atoms with Crippen LogP contribution in [0, 0.1) is 0 Å². The maximum atomic E-state index is 9.70. The Morgan fingerprint density at radius 3 is 2.56 bits per heavy atom. The number of pyridine rings is 1. The number of aliphatic hydroxyl groups is 1. The Morgan fingerprint density at radius 1 is 1.38 bits per heavy atom. The molecule has 0 bridgehead atoms. The second kappa shape index (κ2) is 6.58. The highest BCUT2D eigenvalue weighted by molar-refractivity contribution is 5.13. The summed E-state index contributed by atoms with van der Waals surface area (Å²) in [6.45, 7) is 3.36. The van der Waals surface area contributed by atoms with Crippen LogP contribution in [0.15, 0.2) is 24.5 Å². The third kappa shape index (κ3) is 4.70. The molecule has 0 saturated heterocycles. The van der Waals surface area contributed by atoms with Crippen molar-refractivity contribution in [2.24, 2.45) is 0 Å². The molecule has 0 spiro atoms. The Kier molecular flexibility index (Phi) is 5.38. The van der Waals surface area contributed by atoms with Crippen molar-refractivity contribution < 1.29 is 5.11 Å². The average molecular weight is 223 g/mol. The second-order valence-corrected chi connectivity index (χ2v) is 4.33. The zero-order valence-electron chi connectivity index (χ0n) is 10.2. The van der Waals surface area contributed by atoms with Gasteiger partial charge in [0.2, 0.25) is 0 Å². The van der Waals surface area contributed by atoms with Crippen LogP contribution < -0.4 is 5.32 Å². The van der Waals surface area contributed by atoms with E-state index in [4.69, 9.17) is 0 Å². The highest BCUT2D eigenvalue weighted by Crippen LogP contribution is 2.09. The van der Waals surface area contributed by atoms with Gasteiger partial charge >= 0.3 is 0 Å². The highest BCUT2D eigenvalue weighted by Gasteiger charge is 2.08. The molecule has 0 aliphatic heterocycles. The first-order valence-corrected chi connectivity index (χ1v) is 5.55. The lowest BCUT2D eigenvalue weighted by molar-refractivity contribution is 0.132. The van der Waals surface area contributed by atoms with Gasteiger partial charge in [0.25, 0.3) is 0 Å². The summed E-state index contributed by atoms with van der Waals surface area (Å²) in [6.07, 6.45) is 3.23. The van der Waals surface area contributed by atoms with Crippen LogP contribution in [0.2, 0.25) is 0 Å². The van der Waals surface area contributed by atoms with Gasteiger partial charge in [0, 0.05) is 31.5 Å². The highest BCUT2D eigenvalue weighted by atomic mass is 16.3. The first-order chi connectivity index (χ1) is 7.59. The van der Waals surface area contributed by atoms with Crippen LogP contribution in [0.25, 0.3) is 0 Å². The van der Waals surface area contributed by atoms with Crippen LogP contribution in [0.1, 0.15) is 18.5 Å². The third-order valence-corrected chi connectivity index (χ3v) is 2.44. The molecule has 1 heterocycles. The van der Waals surface area contributed by atoms with Crippen molar-refractivity contribution >= 4 is 0 Å². The number of aromatic nitrogens is 1. The molecular weight excluding hydrogens is 202 g/mol. The summed E-state index contributed by atoms with van der Waals surface area (Å²) in [4.78, 5) is 5.95. The van der Waals surface area contributed by atoms with Crippen LogP contribution in [0.3, 0.4) is 0 Å². The molecule has 1 unspecified atom stereocenters. The summed E-state index contributed by atoms with van der Waals surface area (Å²) in [5, 5.41) is 13.0. The van der Waals surface area contributed by atoms with Gasteiger partial charge in [-0.2, -0.15) is 0 Å². The zero-order chi connectivity index (χ0) is 12.0. The van der Waals surface area contributed by atoms with Crippen molar-refractivity contribution in [2.45, 2.75) is 19.1 Å². The fourth-order valence-electron chi connectivity index (χ4n) is 1.57. The Bertz CT molecular complexity index is 290. The van der Waals surface area contributed by atoms with E-state index in [2.05, 4.69) is 17.2 Å². The van der Waals surface area contributed by atoms with Crippen molar-refractivity contribution in [3.8, 4) is 0 Å². The summed E-state index contributed by atoms with van der Waals surface area (Å²) in [5.74, 6) is 0. The molecule has 1 rings (SSSR count). The van der Waals surface area contributed by atoms with E-state index >= 15 is 0 Å². The summed E-state index contributed by atoms with van der Waals surface area (Å²) >= 11 is 0. The Hall–Kier alpha value is -0.970. The van der Waals surface area contributed by atoms with E-state index in [0.717, 1.165) is 0 Å². The van der Waals surface area contributed by atoms with Crippen LogP contribution in [-0.2, 0) is 0 Å². The van der Waals surface area contributed by atoms with E-state index in [9.17, 15) is 5.11 Å². The second-order valence-electron chi connectivity index (χ2n) is 4.33. The molecule has 0 fully saturated rings. The van der Waals surface area contributed by atoms with Gasteiger partial charge in [-0.1, -0.05) is 0 Å². The number of nitrogens with zero attached hydrogens (tertiary/aromatic N) is 2. The van der Waals surface area contributed by atoms with Crippen molar-refractivity contribution in [3.63, 3.8) is 0 Å². The van der Waals surface area contributed by atoms with Gasteiger partial charge in [-0.25, -0.2) is 0 Å². The Morgan fingerprint density at radius 2 is 2.00 bits per heavy atom. The molecule has 16 heavy (non-hydrogen) atoms. The zero-order valence-corrected chi connectivity index (χ0v) is 10.2. The average Bonchev–Trinajstić information content (AvgIpc) is 2.26. The van der Waals surface area contributed by atoms with E-state index in [1.54, 1.807) is 12.4 Å². The largest absolute Gasteiger partial charge is 0.390 e. The van der Waals surface area contributed by atoms with Crippen LogP contribution in [0.4, 0.5) is 0 Å². The molecule has 0 amide bonds. The monoisotopic (exact) mass is 223 g/mol. The van der Waals surface area contributed by atoms with E-state index < -0.39 is 0 Å². The van der Waals surface area contributed by atoms with Gasteiger partial charge in [0.15, 0.2) is 0 Å². The maximum Gasteiger partial charge on any atom is 0.0791 e. The van der Waals surface area contributed by atoms with Crippen molar-refractivity contribution in [3.05, 3.63) is 30.1 Å². The van der Waals surface area contributed by atoms with Gasteiger partial charge in [0.05, 0.1) is 6.10 Å². The van der Waals surface area contributed by atoms with Gasteiger partial charge < -0.3 is 15.3 Å². The number of likely N-dealkylation sites (N-methyl/N-ethyl adjacent to an activating group) is 1. The van der Waals surface area contributed by atoms with Crippen molar-refractivity contribution in [2.75, 3.05) is 27.2 Å². The molecule has 90 valence electrons. The van der Waals surface area contributed by atoms with Gasteiger partial charge in [-0.15, -0.1) is 0 Å². The van der Waals surface area contributed by atoms with E-state index in [-0.39, 0.29) is 12.1 Å². The SMILES string of the molecule is C[C@H](NCC(O)CN(C)C)c1ccncc1. The van der Waals surface area contributed by atoms with E-state index in [1.807, 2.05) is 31.1 Å². The summed E-state index contributed by atoms with van der Waals surface area (Å²) in [7, 11) is 3.91. The van der Waals surface area contributed by atoms with Gasteiger partial charge in [-0.3, -0.25) is 4.98 Å². The quantitative estimate of drug-likeness (QED) is 0.743. The third-order valence-electron chi connectivity index (χ3n) is 2.44. The maximum absolute atomic E-state index is 9.70. The minimum absolute atomic E-state index is 0.236. The molecular formula is C12H21N3O. The molecule has 0 saturated carbocycles. The first kappa shape index (κ1) is 13.1. The number of hydrogen-bond acceptors (Lipinski definition) is 4. The first-order valence-electron chi connectivity index (χ1n) is 5.55. The van der Waals surface area contributed by atoms with E-state index in [1.165, 1.54) is 5.56 Å². The fourth-order valence-corrected chi connectivity index (χ4v) is 1.57. The molecule has 2 atom stereocenters. The minimum Gasteiger partial charge on any atom is -0.390 e. The number of nitrogens with one attached hydrogen (secondary N) is 1. The molecule has 2 N–H and O–H groups in total. The van der Waals surface area contributed by atoms with Crippen LogP contribution >= 0.6 is 0 Å². The molecule has 0 aromatic carbocycles. The molecule has 0 aliphatic rings. The van der Waals surface area contributed by atoms with E-state index in [0.29, 0.717) is 13.1 Å². The standard InChI is InChI=1S/C12H21N3O/c1-10(11-4-6-13-7-5-11)14-8-12(16)9-15(2)3/h4-7,10,12,14,16H,8-9H2,1-3H3/t10-,12?/m0/s1. The summed E-state index contributed by atoms with van der Waals surface area (Å²) < 4.78 is 0. The lowest BCUT2D eigenvalue weighted by atomic mass is 10.1. The number of aliphatic hydroxyl groups excluding tert-OH is 1. The predicted octanol–water partition coefficient (Wildman–Crippen LogP) is 0.655. The molecule has 0 radical (unpaired) electrons. The minimum atomic E-state index is -0.334. The lowest BCUT2D eigenvalue weighted by Crippen LogP contribution is -2.36.